The number of rotatable bonds is 20. The summed E-state index contributed by atoms with van der Waals surface area (Å²) in [5.74, 6) is 2.02. The molecule has 0 spiro atoms. The standard InChI is InChI=1S/C15H24O.C13H22O3Si.C12H26O5Si/c1-6-12(3)13-8-10-14(11-9-13)16-15(4,5)7-2;1-6-11(2)12-7-9-13(10-8-12)17(14-3,15-4)16-5;1-7-12(2,3)11(13)17-9-8-10-18(14-4,15-5)16-6/h8-12H,6-7H2,1-5H3;7-11H,6H2,1-5H3;7-10H2,1-6H3. The molecule has 2 aromatic carbocycles. The SMILES string of the molecule is CCC(C)(C)C(=O)OCCC[Si](OC)(OC)OC.CCC(C)c1ccc(OC(C)(C)CC)cc1.CCC(C)c1ccc([Si](OC)(OC)OC)cc1. The van der Waals surface area contributed by atoms with E-state index >= 15 is 0 Å². The van der Waals surface area contributed by atoms with Gasteiger partial charge in [0.2, 0.25) is 0 Å². The summed E-state index contributed by atoms with van der Waals surface area (Å²) >= 11 is 0. The summed E-state index contributed by atoms with van der Waals surface area (Å²) in [6.45, 7) is 21.4. The number of carbonyl (C=O) groups is 1. The van der Waals surface area contributed by atoms with Crippen molar-refractivity contribution in [1.82, 2.24) is 0 Å². The van der Waals surface area contributed by atoms with E-state index in [0.717, 1.165) is 30.2 Å². The molecule has 0 fully saturated rings. The molecule has 0 aliphatic heterocycles. The van der Waals surface area contributed by atoms with E-state index in [2.05, 4.69) is 84.9 Å². The van der Waals surface area contributed by atoms with Crippen molar-refractivity contribution in [1.29, 1.82) is 0 Å². The van der Waals surface area contributed by atoms with E-state index < -0.39 is 23.0 Å². The smallest absolute Gasteiger partial charge is 0.488 e. The number of hydrogen-bond acceptors (Lipinski definition) is 9. The summed E-state index contributed by atoms with van der Waals surface area (Å²) < 4.78 is 43.4. The van der Waals surface area contributed by atoms with Crippen LogP contribution in [-0.4, -0.2) is 78.4 Å². The molecule has 2 unspecified atom stereocenters. The Balaban J connectivity index is 0.000000736. The Morgan fingerprint density at radius 2 is 1.08 bits per heavy atom. The third kappa shape index (κ3) is 16.2. The van der Waals surface area contributed by atoms with Crippen LogP contribution in [0.2, 0.25) is 6.04 Å². The monoisotopic (exact) mass is 752 g/mol. The zero-order chi connectivity index (χ0) is 39.3. The highest BCUT2D eigenvalue weighted by atomic mass is 28.4. The van der Waals surface area contributed by atoms with Gasteiger partial charge in [0, 0.05) is 53.9 Å². The van der Waals surface area contributed by atoms with Crippen LogP contribution < -0.4 is 9.92 Å². The largest absolute Gasteiger partial charge is 0.536 e. The molecular weight excluding hydrogens is 681 g/mol. The Hall–Kier alpha value is -2.10. The molecule has 0 saturated carbocycles. The van der Waals surface area contributed by atoms with Crippen molar-refractivity contribution in [2.75, 3.05) is 49.3 Å². The first-order chi connectivity index (χ1) is 24.0. The maximum atomic E-state index is 11.7. The molecule has 0 aromatic heterocycles. The van der Waals surface area contributed by atoms with Gasteiger partial charge in [-0.05, 0) is 94.9 Å². The molecular formula is C40H72O9Si2. The molecule has 0 amide bonds. The minimum Gasteiger partial charge on any atom is -0.488 e. The molecule has 0 aliphatic rings. The fourth-order valence-electron chi connectivity index (χ4n) is 4.70. The topological polar surface area (TPSA) is 90.9 Å². The molecule has 0 saturated heterocycles. The van der Waals surface area contributed by atoms with E-state index in [4.69, 9.17) is 36.0 Å². The van der Waals surface area contributed by atoms with Gasteiger partial charge in [-0.15, -0.1) is 0 Å². The van der Waals surface area contributed by atoms with Crippen molar-refractivity contribution < 1.29 is 40.8 Å². The van der Waals surface area contributed by atoms with E-state index in [9.17, 15) is 4.79 Å². The van der Waals surface area contributed by atoms with Crippen LogP contribution >= 0.6 is 0 Å². The van der Waals surface area contributed by atoms with Crippen LogP contribution in [-0.2, 0) is 36.1 Å². The predicted octanol–water partition coefficient (Wildman–Crippen LogP) is 9.29. The second-order valence-corrected chi connectivity index (χ2v) is 20.0. The summed E-state index contributed by atoms with van der Waals surface area (Å²) in [7, 11) is 4.41. The Morgan fingerprint density at radius 3 is 1.43 bits per heavy atom. The van der Waals surface area contributed by atoms with Gasteiger partial charge < -0.3 is 36.0 Å². The van der Waals surface area contributed by atoms with Crippen LogP contribution in [0.15, 0.2) is 48.5 Å². The van der Waals surface area contributed by atoms with Crippen LogP contribution in [0.5, 0.6) is 5.75 Å². The highest BCUT2D eigenvalue weighted by Gasteiger charge is 2.40. The van der Waals surface area contributed by atoms with Gasteiger partial charge in [-0.3, -0.25) is 4.79 Å². The Bertz CT molecular complexity index is 1180. The van der Waals surface area contributed by atoms with Crippen molar-refractivity contribution in [3.8, 4) is 5.75 Å². The van der Waals surface area contributed by atoms with Crippen molar-refractivity contribution in [2.24, 2.45) is 5.41 Å². The van der Waals surface area contributed by atoms with Gasteiger partial charge in [0.15, 0.2) is 0 Å². The van der Waals surface area contributed by atoms with Gasteiger partial charge in [-0.1, -0.05) is 77.9 Å². The third-order valence-electron chi connectivity index (χ3n) is 9.79. The van der Waals surface area contributed by atoms with Gasteiger partial charge in [-0.2, -0.15) is 0 Å². The molecule has 2 atom stereocenters. The Morgan fingerprint density at radius 1 is 0.647 bits per heavy atom. The number of ether oxygens (including phenoxy) is 2. The number of carbonyl (C=O) groups excluding carboxylic acids is 1. The molecule has 2 rings (SSSR count). The fourth-order valence-corrected chi connectivity index (χ4v) is 8.17. The quantitative estimate of drug-likeness (QED) is 0.0746. The minimum atomic E-state index is -2.66. The second-order valence-electron chi connectivity index (χ2n) is 14.0. The lowest BCUT2D eigenvalue weighted by Crippen LogP contribution is -2.54. The van der Waals surface area contributed by atoms with Crippen LogP contribution in [0.1, 0.15) is 124 Å². The first-order valence-corrected chi connectivity index (χ1v) is 22.0. The summed E-state index contributed by atoms with van der Waals surface area (Å²) in [6, 6.07) is 17.5. The summed E-state index contributed by atoms with van der Waals surface area (Å²) in [6.07, 6.45) is 4.77. The number of benzene rings is 2. The average Bonchev–Trinajstić information content (AvgIpc) is 3.16. The average molecular weight is 753 g/mol. The summed E-state index contributed by atoms with van der Waals surface area (Å²) in [5, 5.41) is 0.997. The minimum absolute atomic E-state index is 0.0715. The molecule has 294 valence electrons. The number of hydrogen-bond donors (Lipinski definition) is 0. The maximum absolute atomic E-state index is 11.7. The molecule has 9 nitrogen and oxygen atoms in total. The lowest BCUT2D eigenvalue weighted by Gasteiger charge is -2.25. The lowest BCUT2D eigenvalue weighted by molar-refractivity contribution is -0.154. The summed E-state index contributed by atoms with van der Waals surface area (Å²) in [5.41, 5.74) is 2.24. The zero-order valence-electron chi connectivity index (χ0n) is 34.9. The van der Waals surface area contributed by atoms with Crippen molar-refractivity contribution in [3.05, 3.63) is 59.7 Å². The first-order valence-electron chi connectivity index (χ1n) is 18.4. The predicted molar refractivity (Wildman–Crippen MR) is 213 cm³/mol. The highest BCUT2D eigenvalue weighted by molar-refractivity contribution is 6.75. The van der Waals surface area contributed by atoms with Crippen LogP contribution in [0.25, 0.3) is 0 Å². The van der Waals surface area contributed by atoms with Crippen molar-refractivity contribution in [3.63, 3.8) is 0 Å². The summed E-state index contributed by atoms with van der Waals surface area (Å²) in [4.78, 5) is 11.7. The van der Waals surface area contributed by atoms with Crippen LogP contribution in [0.3, 0.4) is 0 Å². The second kappa shape index (κ2) is 24.3. The molecule has 2 aromatic rings. The Labute approximate surface area is 313 Å². The van der Waals surface area contributed by atoms with E-state index in [-0.39, 0.29) is 11.6 Å². The lowest BCUT2D eigenvalue weighted by atomic mass is 9.91. The van der Waals surface area contributed by atoms with Gasteiger partial charge in [0.05, 0.1) is 12.0 Å². The molecule has 0 heterocycles. The van der Waals surface area contributed by atoms with E-state index in [1.807, 2.05) is 32.9 Å². The normalized spacial score (nSPS) is 13.3. The third-order valence-corrected chi connectivity index (χ3v) is 15.3. The van der Waals surface area contributed by atoms with Crippen molar-refractivity contribution in [2.45, 2.75) is 125 Å². The highest BCUT2D eigenvalue weighted by Crippen LogP contribution is 2.25. The molecule has 0 bridgehead atoms. The van der Waals surface area contributed by atoms with Gasteiger partial charge in [0.25, 0.3) is 0 Å². The van der Waals surface area contributed by atoms with Crippen LogP contribution in [0, 0.1) is 5.41 Å². The van der Waals surface area contributed by atoms with Gasteiger partial charge in [-0.25, -0.2) is 0 Å². The van der Waals surface area contributed by atoms with E-state index in [1.165, 1.54) is 17.5 Å². The molecule has 11 heteroatoms. The van der Waals surface area contributed by atoms with Crippen LogP contribution in [0.4, 0.5) is 0 Å². The van der Waals surface area contributed by atoms with Gasteiger partial charge >= 0.3 is 23.6 Å². The first kappa shape index (κ1) is 48.9. The van der Waals surface area contributed by atoms with Gasteiger partial charge in [0.1, 0.15) is 11.4 Å². The fraction of sp³-hybridized carbons (Fsp3) is 0.675. The number of esters is 1. The Kier molecular flexibility index (Phi) is 23.3. The molecule has 0 N–H and O–H groups in total. The van der Waals surface area contributed by atoms with E-state index in [1.54, 1.807) is 42.7 Å². The zero-order valence-corrected chi connectivity index (χ0v) is 36.9. The van der Waals surface area contributed by atoms with E-state index in [0.29, 0.717) is 30.9 Å². The molecule has 0 radical (unpaired) electrons. The molecule has 51 heavy (non-hydrogen) atoms. The molecule has 0 aliphatic carbocycles. The van der Waals surface area contributed by atoms with Crippen molar-refractivity contribution >= 4 is 28.8 Å². The maximum Gasteiger partial charge on any atom is 0.536 e.